The monoisotopic (exact) mass is 452 g/mol. The number of aryl methyl sites for hydroxylation is 1. The Morgan fingerprint density at radius 2 is 1.88 bits per heavy atom. The SMILES string of the molecule is Cc1cc(NC(=O)[C@H](O)c2cccc(Cl)c2)ccc1-c1cnc(N)c(C(=O)NC(C)C)c1. The number of halogens is 1. The summed E-state index contributed by atoms with van der Waals surface area (Å²) in [5.41, 5.74) is 9.54. The summed E-state index contributed by atoms with van der Waals surface area (Å²) in [6.07, 6.45) is 0.252. The number of benzene rings is 2. The van der Waals surface area contributed by atoms with Gasteiger partial charge < -0.3 is 21.5 Å². The van der Waals surface area contributed by atoms with Gasteiger partial charge in [-0.25, -0.2) is 4.98 Å². The van der Waals surface area contributed by atoms with Crippen molar-refractivity contribution in [3.63, 3.8) is 0 Å². The first-order valence-electron chi connectivity index (χ1n) is 10.1. The first-order chi connectivity index (χ1) is 15.2. The Labute approximate surface area is 191 Å². The number of nitrogens with two attached hydrogens (primary N) is 1. The Hall–Kier alpha value is -3.42. The number of aliphatic hydroxyl groups is 1. The number of pyridine rings is 1. The zero-order valence-corrected chi connectivity index (χ0v) is 18.8. The van der Waals surface area contributed by atoms with Crippen molar-refractivity contribution in [1.29, 1.82) is 0 Å². The molecule has 0 aliphatic heterocycles. The molecule has 0 unspecified atom stereocenters. The van der Waals surface area contributed by atoms with Gasteiger partial charge in [0.05, 0.1) is 5.56 Å². The molecule has 2 amide bonds. The number of carbonyl (C=O) groups excluding carboxylic acids is 2. The number of rotatable bonds is 6. The molecule has 0 saturated carbocycles. The molecule has 1 heterocycles. The lowest BCUT2D eigenvalue weighted by Crippen LogP contribution is -2.30. The van der Waals surface area contributed by atoms with E-state index in [-0.39, 0.29) is 17.8 Å². The van der Waals surface area contributed by atoms with Crippen molar-refractivity contribution in [3.05, 3.63) is 76.4 Å². The van der Waals surface area contributed by atoms with Crippen molar-refractivity contribution in [2.75, 3.05) is 11.1 Å². The molecule has 0 spiro atoms. The van der Waals surface area contributed by atoms with Crippen molar-refractivity contribution in [2.24, 2.45) is 0 Å². The Bertz CT molecular complexity index is 1160. The Morgan fingerprint density at radius 3 is 2.53 bits per heavy atom. The zero-order valence-electron chi connectivity index (χ0n) is 18.0. The van der Waals surface area contributed by atoms with Crippen LogP contribution in [-0.2, 0) is 4.79 Å². The molecule has 166 valence electrons. The fourth-order valence-corrected chi connectivity index (χ4v) is 3.45. The molecule has 0 radical (unpaired) electrons. The molecule has 0 saturated heterocycles. The summed E-state index contributed by atoms with van der Waals surface area (Å²) in [5, 5.41) is 16.3. The first-order valence-corrected chi connectivity index (χ1v) is 10.5. The van der Waals surface area contributed by atoms with E-state index in [4.69, 9.17) is 17.3 Å². The van der Waals surface area contributed by atoms with Gasteiger partial charge in [0.2, 0.25) is 0 Å². The fourth-order valence-electron chi connectivity index (χ4n) is 3.25. The van der Waals surface area contributed by atoms with E-state index in [9.17, 15) is 14.7 Å². The van der Waals surface area contributed by atoms with Gasteiger partial charge in [-0.15, -0.1) is 0 Å². The van der Waals surface area contributed by atoms with E-state index in [2.05, 4.69) is 15.6 Å². The van der Waals surface area contributed by atoms with Crippen LogP contribution in [0.4, 0.5) is 11.5 Å². The summed E-state index contributed by atoms with van der Waals surface area (Å²) in [4.78, 5) is 29.0. The van der Waals surface area contributed by atoms with Crippen LogP contribution in [0.1, 0.15) is 41.4 Å². The average molecular weight is 453 g/mol. The second-order valence-corrected chi connectivity index (χ2v) is 8.20. The smallest absolute Gasteiger partial charge is 0.257 e. The maximum atomic E-state index is 12.5. The van der Waals surface area contributed by atoms with E-state index in [0.717, 1.165) is 16.7 Å². The zero-order chi connectivity index (χ0) is 23.4. The second kappa shape index (κ2) is 9.80. The fraction of sp³-hybridized carbons (Fsp3) is 0.208. The van der Waals surface area contributed by atoms with E-state index in [1.165, 1.54) is 0 Å². The number of nitrogen functional groups attached to an aromatic ring is 1. The van der Waals surface area contributed by atoms with Gasteiger partial charge in [0.1, 0.15) is 5.82 Å². The van der Waals surface area contributed by atoms with Crippen molar-refractivity contribution in [2.45, 2.75) is 32.9 Å². The Morgan fingerprint density at radius 1 is 1.12 bits per heavy atom. The molecule has 0 aliphatic carbocycles. The molecule has 2 aromatic carbocycles. The number of amides is 2. The molecule has 32 heavy (non-hydrogen) atoms. The maximum absolute atomic E-state index is 12.5. The molecular formula is C24H25ClN4O3. The van der Waals surface area contributed by atoms with Crippen LogP contribution in [0.3, 0.4) is 0 Å². The summed E-state index contributed by atoms with van der Waals surface area (Å²) in [5.74, 6) is -0.701. The lowest BCUT2D eigenvalue weighted by molar-refractivity contribution is -0.124. The number of aliphatic hydroxyl groups excluding tert-OH is 1. The highest BCUT2D eigenvalue weighted by Crippen LogP contribution is 2.28. The van der Waals surface area contributed by atoms with Gasteiger partial charge in [-0.2, -0.15) is 0 Å². The Kier molecular flexibility index (Phi) is 7.12. The summed E-state index contributed by atoms with van der Waals surface area (Å²) in [6, 6.07) is 13.5. The number of hydrogen-bond donors (Lipinski definition) is 4. The molecule has 0 bridgehead atoms. The molecule has 3 rings (SSSR count). The predicted octanol–water partition coefficient (Wildman–Crippen LogP) is 4.10. The van der Waals surface area contributed by atoms with Gasteiger partial charge in [-0.05, 0) is 67.8 Å². The van der Waals surface area contributed by atoms with E-state index in [1.54, 1.807) is 48.7 Å². The normalized spacial score (nSPS) is 11.8. The van der Waals surface area contributed by atoms with Crippen molar-refractivity contribution >= 4 is 34.9 Å². The number of hydrogen-bond acceptors (Lipinski definition) is 5. The minimum Gasteiger partial charge on any atom is -0.383 e. The summed E-state index contributed by atoms with van der Waals surface area (Å²) < 4.78 is 0. The molecule has 8 heteroatoms. The molecule has 3 aromatic rings. The third-order valence-corrected chi connectivity index (χ3v) is 5.04. The van der Waals surface area contributed by atoms with Crippen LogP contribution in [0, 0.1) is 6.92 Å². The molecule has 1 aromatic heterocycles. The third-order valence-electron chi connectivity index (χ3n) is 4.80. The number of aromatic nitrogens is 1. The predicted molar refractivity (Wildman–Crippen MR) is 126 cm³/mol. The van der Waals surface area contributed by atoms with Gasteiger partial charge in [-0.1, -0.05) is 29.8 Å². The standard InChI is InChI=1S/C24H25ClN4O3/c1-13(2)28-23(31)20-11-16(12-27-22(20)26)19-8-7-18(9-14(19)3)29-24(32)21(30)15-5-4-6-17(25)10-15/h4-13,21,30H,1-3H3,(H2,26,27)(H,28,31)(H,29,32)/t21-/m1/s1. The van der Waals surface area contributed by atoms with Crippen LogP contribution in [0.15, 0.2) is 54.7 Å². The minimum absolute atomic E-state index is 0.0301. The highest BCUT2D eigenvalue weighted by atomic mass is 35.5. The summed E-state index contributed by atoms with van der Waals surface area (Å²) >= 11 is 5.93. The lowest BCUT2D eigenvalue weighted by atomic mass is 9.99. The topological polar surface area (TPSA) is 117 Å². The van der Waals surface area contributed by atoms with Gasteiger partial charge in [0, 0.05) is 28.5 Å². The number of carbonyl (C=O) groups is 2. The van der Waals surface area contributed by atoms with E-state index >= 15 is 0 Å². The molecule has 5 N–H and O–H groups in total. The minimum atomic E-state index is -1.35. The van der Waals surface area contributed by atoms with Crippen LogP contribution >= 0.6 is 11.6 Å². The maximum Gasteiger partial charge on any atom is 0.257 e. The second-order valence-electron chi connectivity index (χ2n) is 7.76. The van der Waals surface area contributed by atoms with Gasteiger partial charge in [-0.3, -0.25) is 9.59 Å². The summed E-state index contributed by atoms with van der Waals surface area (Å²) in [7, 11) is 0. The van der Waals surface area contributed by atoms with E-state index in [1.807, 2.05) is 26.8 Å². The number of nitrogens with one attached hydrogen (secondary N) is 2. The van der Waals surface area contributed by atoms with Crippen LogP contribution < -0.4 is 16.4 Å². The first kappa shape index (κ1) is 23.2. The molecule has 7 nitrogen and oxygen atoms in total. The van der Waals surface area contributed by atoms with Gasteiger partial charge >= 0.3 is 0 Å². The molecule has 1 atom stereocenters. The highest BCUT2D eigenvalue weighted by Gasteiger charge is 2.19. The summed E-state index contributed by atoms with van der Waals surface area (Å²) in [6.45, 7) is 5.61. The molecule has 0 aliphatic rings. The number of anilines is 2. The number of nitrogens with zero attached hydrogens (tertiary/aromatic N) is 1. The lowest BCUT2D eigenvalue weighted by Gasteiger charge is -2.15. The van der Waals surface area contributed by atoms with Crippen LogP contribution in [0.25, 0.3) is 11.1 Å². The Balaban J connectivity index is 1.81. The van der Waals surface area contributed by atoms with Gasteiger partial charge in [0.15, 0.2) is 6.10 Å². The third kappa shape index (κ3) is 5.43. The molecular weight excluding hydrogens is 428 g/mol. The van der Waals surface area contributed by atoms with Gasteiger partial charge in [0.25, 0.3) is 11.8 Å². The van der Waals surface area contributed by atoms with Crippen molar-refractivity contribution in [1.82, 2.24) is 10.3 Å². The van der Waals surface area contributed by atoms with Crippen LogP contribution in [0.5, 0.6) is 0 Å². The van der Waals surface area contributed by atoms with Crippen molar-refractivity contribution in [3.8, 4) is 11.1 Å². The quantitative estimate of drug-likeness (QED) is 0.449. The molecule has 0 fully saturated rings. The van der Waals surface area contributed by atoms with Crippen molar-refractivity contribution < 1.29 is 14.7 Å². The largest absolute Gasteiger partial charge is 0.383 e. The van der Waals surface area contributed by atoms with Crippen LogP contribution in [0.2, 0.25) is 5.02 Å². The van der Waals surface area contributed by atoms with E-state index < -0.39 is 12.0 Å². The average Bonchev–Trinajstić information content (AvgIpc) is 2.73. The van der Waals surface area contributed by atoms with Crippen LogP contribution in [-0.4, -0.2) is 27.9 Å². The van der Waals surface area contributed by atoms with E-state index in [0.29, 0.717) is 21.8 Å². The highest BCUT2D eigenvalue weighted by molar-refractivity contribution is 6.30.